The first kappa shape index (κ1) is 103. The topological polar surface area (TPSA) is 120 Å². The molecule has 9 heteroatoms. The molecule has 0 unspecified atom stereocenters. The first-order valence-corrected chi connectivity index (χ1v) is 0. The van der Waals surface area contributed by atoms with Crippen molar-refractivity contribution in [2.24, 2.45) is 0 Å². The molecule has 4 nitrogen and oxygen atoms in total. The molecule has 0 aliphatic heterocycles. The van der Waals surface area contributed by atoms with E-state index < -0.39 is 0 Å². The van der Waals surface area contributed by atoms with E-state index in [9.17, 15) is 0 Å². The SMILES string of the molecule is [Na+].[Na+].[Na+].[Na+].[OH-].[OH-].[OH-].[OH-].[Ti]. The van der Waals surface area contributed by atoms with E-state index in [1.807, 2.05) is 0 Å². The molecule has 4 N–H and O–H groups in total. The van der Waals surface area contributed by atoms with Crippen molar-refractivity contribution < 1.29 is 162 Å². The van der Waals surface area contributed by atoms with Gasteiger partial charge in [-0.15, -0.1) is 0 Å². The Kier molecular flexibility index (Phi) is 925. The minimum Gasteiger partial charge on any atom is -0.870 e. The van der Waals surface area contributed by atoms with E-state index in [1.54, 1.807) is 0 Å². The van der Waals surface area contributed by atoms with Crippen LogP contribution in [-0.4, -0.2) is 21.9 Å². The van der Waals surface area contributed by atoms with E-state index >= 15 is 0 Å². The Labute approximate surface area is 158 Å². The second-order valence-electron chi connectivity index (χ2n) is 0. The third kappa shape index (κ3) is 67.4. The van der Waals surface area contributed by atoms with Gasteiger partial charge in [-0.3, -0.25) is 0 Å². The summed E-state index contributed by atoms with van der Waals surface area (Å²) < 4.78 is 0. The van der Waals surface area contributed by atoms with Gasteiger partial charge >= 0.3 is 118 Å². The van der Waals surface area contributed by atoms with Crippen LogP contribution in [0.3, 0.4) is 0 Å². The van der Waals surface area contributed by atoms with Crippen molar-refractivity contribution in [2.75, 3.05) is 0 Å². The summed E-state index contributed by atoms with van der Waals surface area (Å²) in [5.74, 6) is 0. The minimum absolute atomic E-state index is 0. The van der Waals surface area contributed by atoms with Crippen molar-refractivity contribution in [1.29, 1.82) is 0 Å². The van der Waals surface area contributed by atoms with E-state index in [0.717, 1.165) is 0 Å². The van der Waals surface area contributed by atoms with Crippen LogP contribution in [0.5, 0.6) is 0 Å². The van der Waals surface area contributed by atoms with E-state index in [2.05, 4.69) is 0 Å². The van der Waals surface area contributed by atoms with Gasteiger partial charge in [0, 0.05) is 21.7 Å². The summed E-state index contributed by atoms with van der Waals surface area (Å²) in [6, 6.07) is 0. The molecule has 0 atom stereocenters. The molecule has 0 aromatic rings. The van der Waals surface area contributed by atoms with E-state index in [-0.39, 0.29) is 162 Å². The first-order valence-electron chi connectivity index (χ1n) is 0. The van der Waals surface area contributed by atoms with Crippen LogP contribution in [0.4, 0.5) is 0 Å². The third-order valence-electron chi connectivity index (χ3n) is 0. The normalized spacial score (nSPS) is 0. The van der Waals surface area contributed by atoms with Crippen LogP contribution in [0.25, 0.3) is 0 Å². The van der Waals surface area contributed by atoms with Gasteiger partial charge < -0.3 is 21.9 Å². The Morgan fingerprint density at radius 3 is 0.333 bits per heavy atom. The van der Waals surface area contributed by atoms with Gasteiger partial charge in [-0.2, -0.15) is 0 Å². The zero-order chi connectivity index (χ0) is 0. The molecule has 0 heterocycles. The second kappa shape index (κ2) is 80.8. The Morgan fingerprint density at radius 1 is 0.333 bits per heavy atom. The van der Waals surface area contributed by atoms with Gasteiger partial charge in [0.25, 0.3) is 0 Å². The summed E-state index contributed by atoms with van der Waals surface area (Å²) in [7, 11) is 0. The Bertz CT molecular complexity index is 12.5. The van der Waals surface area contributed by atoms with Crippen molar-refractivity contribution in [2.45, 2.75) is 0 Å². The Hall–Kier alpha value is 4.55. The zero-order valence-corrected chi connectivity index (χ0v) is 15.9. The summed E-state index contributed by atoms with van der Waals surface area (Å²) in [6.07, 6.45) is 0. The van der Waals surface area contributed by atoms with Crippen LogP contribution in [-0.2, 0) is 21.7 Å². The molecule has 0 aromatic heterocycles. The maximum atomic E-state index is 0. The number of rotatable bonds is 0. The van der Waals surface area contributed by atoms with Crippen LogP contribution in [0, 0.1) is 0 Å². The predicted octanol–water partition coefficient (Wildman–Crippen LogP) is -12.7. The molecule has 0 bridgehead atoms. The van der Waals surface area contributed by atoms with Crippen LogP contribution in [0.1, 0.15) is 0 Å². The Morgan fingerprint density at radius 2 is 0.333 bits per heavy atom. The fourth-order valence-corrected chi connectivity index (χ4v) is 0. The van der Waals surface area contributed by atoms with E-state index in [0.29, 0.717) is 0 Å². The van der Waals surface area contributed by atoms with Gasteiger partial charge in [-0.1, -0.05) is 0 Å². The molecular weight excluding hydrogens is 204 g/mol. The summed E-state index contributed by atoms with van der Waals surface area (Å²) in [4.78, 5) is 0. The first-order chi connectivity index (χ1) is 0. The second-order valence-corrected chi connectivity index (χ2v) is 0. The summed E-state index contributed by atoms with van der Waals surface area (Å²) >= 11 is 0. The van der Waals surface area contributed by atoms with Gasteiger partial charge in [0.2, 0.25) is 0 Å². The molecule has 0 saturated carbocycles. The van der Waals surface area contributed by atoms with E-state index in [1.165, 1.54) is 0 Å². The van der Waals surface area contributed by atoms with Crippen LogP contribution >= 0.6 is 0 Å². The minimum atomic E-state index is 0. The molecule has 0 aliphatic carbocycles. The number of hydrogen-bond donors (Lipinski definition) is 0. The van der Waals surface area contributed by atoms with Gasteiger partial charge in [-0.25, -0.2) is 0 Å². The smallest absolute Gasteiger partial charge is 0.870 e. The van der Waals surface area contributed by atoms with Gasteiger partial charge in [0.1, 0.15) is 0 Å². The van der Waals surface area contributed by atoms with E-state index in [4.69, 9.17) is 0 Å². The molecule has 0 rings (SSSR count). The number of hydrogen-bond acceptors (Lipinski definition) is 4. The van der Waals surface area contributed by atoms with Crippen molar-refractivity contribution in [3.63, 3.8) is 0 Å². The molecule has 36 valence electrons. The molecule has 0 fully saturated rings. The standard InChI is InChI=1S/4Na.4H2O.Ti/h;;;;4*1H2;/q4*+1;;;;;/p-4. The maximum Gasteiger partial charge on any atom is 1.00 e. The van der Waals surface area contributed by atoms with Crippen LogP contribution in [0.2, 0.25) is 0 Å². The van der Waals surface area contributed by atoms with Crippen LogP contribution in [0.15, 0.2) is 0 Å². The maximum absolute atomic E-state index is 0. The third-order valence-corrected chi connectivity index (χ3v) is 0. The largest absolute Gasteiger partial charge is 1.00 e. The molecule has 0 spiro atoms. The van der Waals surface area contributed by atoms with Gasteiger partial charge in [0.15, 0.2) is 0 Å². The summed E-state index contributed by atoms with van der Waals surface area (Å²) in [6.45, 7) is 0. The fraction of sp³-hybridized carbons (Fsp3) is 0. The molecule has 0 saturated heterocycles. The van der Waals surface area contributed by atoms with Crippen molar-refractivity contribution >= 4 is 0 Å². The summed E-state index contributed by atoms with van der Waals surface area (Å²) in [5, 5.41) is 0. The molecule has 0 amide bonds. The monoisotopic (exact) mass is 208 g/mol. The van der Waals surface area contributed by atoms with Crippen molar-refractivity contribution in [1.82, 2.24) is 0 Å². The van der Waals surface area contributed by atoms with Crippen molar-refractivity contribution in [3.8, 4) is 0 Å². The molecular formula is H4Na4O4Ti. The van der Waals surface area contributed by atoms with Gasteiger partial charge in [0.05, 0.1) is 0 Å². The molecule has 0 aliphatic rings. The van der Waals surface area contributed by atoms with Gasteiger partial charge in [-0.05, 0) is 0 Å². The van der Waals surface area contributed by atoms with Crippen molar-refractivity contribution in [3.05, 3.63) is 0 Å². The average Bonchev–Trinajstić information content (AvgIpc) is 0. The van der Waals surface area contributed by atoms with Crippen LogP contribution < -0.4 is 118 Å². The molecule has 0 aromatic carbocycles. The Balaban J connectivity index is 0. The molecule has 9 heavy (non-hydrogen) atoms. The quantitative estimate of drug-likeness (QED) is 0.367. The predicted molar refractivity (Wildman–Crippen MR) is 7.74 cm³/mol. The average molecular weight is 208 g/mol. The summed E-state index contributed by atoms with van der Waals surface area (Å²) in [5.41, 5.74) is 0. The fourth-order valence-electron chi connectivity index (χ4n) is 0. The molecule has 0 radical (unpaired) electrons. The zero-order valence-electron chi connectivity index (χ0n) is 6.29.